The topological polar surface area (TPSA) is 88.7 Å². The van der Waals surface area contributed by atoms with Crippen molar-refractivity contribution in [1.82, 2.24) is 4.98 Å². The molecule has 3 rings (SSSR count). The van der Waals surface area contributed by atoms with Gasteiger partial charge < -0.3 is 20.5 Å². The summed E-state index contributed by atoms with van der Waals surface area (Å²) in [6.07, 6.45) is 3.32. The van der Waals surface area contributed by atoms with Crippen LogP contribution in [0.1, 0.15) is 35.2 Å². The van der Waals surface area contributed by atoms with Crippen LogP contribution < -0.4 is 10.6 Å². The Morgan fingerprint density at radius 2 is 2.00 bits per heavy atom. The first-order valence-electron chi connectivity index (χ1n) is 8.51. The zero-order valence-corrected chi connectivity index (χ0v) is 14.4. The molecule has 0 amide bonds. The summed E-state index contributed by atoms with van der Waals surface area (Å²) < 4.78 is 4.90. The van der Waals surface area contributed by atoms with Crippen LogP contribution in [-0.2, 0) is 11.3 Å². The lowest BCUT2D eigenvalue weighted by atomic mass is 10.0. The lowest BCUT2D eigenvalue weighted by molar-refractivity contribution is 0.0601. The van der Waals surface area contributed by atoms with E-state index in [9.17, 15) is 9.90 Å². The van der Waals surface area contributed by atoms with Crippen molar-refractivity contribution in [3.63, 3.8) is 0 Å². The average Bonchev–Trinajstić information content (AvgIpc) is 2.68. The molecule has 1 saturated heterocycles. The number of carbonyl (C=O) groups excluding carboxylic acids is 1. The molecule has 2 heterocycles. The third-order valence-electron chi connectivity index (χ3n) is 4.55. The molecule has 25 heavy (non-hydrogen) atoms. The molecule has 1 aliphatic heterocycles. The number of esters is 1. The van der Waals surface area contributed by atoms with Gasteiger partial charge in [0.2, 0.25) is 0 Å². The molecule has 1 fully saturated rings. The van der Waals surface area contributed by atoms with Crippen LogP contribution in [0.5, 0.6) is 5.75 Å². The summed E-state index contributed by atoms with van der Waals surface area (Å²) in [6, 6.07) is 8.87. The second-order valence-corrected chi connectivity index (χ2v) is 6.12. The monoisotopic (exact) mass is 341 g/mol. The molecule has 0 atom stereocenters. The van der Waals surface area contributed by atoms with Crippen LogP contribution in [0.2, 0.25) is 0 Å². The Labute approximate surface area is 147 Å². The minimum absolute atomic E-state index is 0.132. The summed E-state index contributed by atoms with van der Waals surface area (Å²) in [5.41, 5.74) is 8.01. The van der Waals surface area contributed by atoms with Crippen LogP contribution in [0.4, 0.5) is 5.82 Å². The summed E-state index contributed by atoms with van der Waals surface area (Å²) in [5, 5.41) is 10.4. The lowest BCUT2D eigenvalue weighted by Crippen LogP contribution is -2.32. The van der Waals surface area contributed by atoms with Crippen molar-refractivity contribution in [2.24, 2.45) is 5.73 Å². The van der Waals surface area contributed by atoms with Gasteiger partial charge in [0.25, 0.3) is 0 Å². The van der Waals surface area contributed by atoms with Gasteiger partial charge in [-0.05, 0) is 37.5 Å². The van der Waals surface area contributed by atoms with Gasteiger partial charge in [0.15, 0.2) is 0 Å². The molecule has 6 nitrogen and oxygen atoms in total. The van der Waals surface area contributed by atoms with Crippen LogP contribution in [0.25, 0.3) is 11.3 Å². The summed E-state index contributed by atoms with van der Waals surface area (Å²) in [7, 11) is 1.37. The smallest absolute Gasteiger partial charge is 0.341 e. The molecule has 3 N–H and O–H groups in total. The van der Waals surface area contributed by atoms with Crippen LogP contribution in [0, 0.1) is 0 Å². The highest BCUT2D eigenvalue weighted by Gasteiger charge is 2.22. The largest absolute Gasteiger partial charge is 0.507 e. The number of methoxy groups -OCH3 is 1. The molecule has 1 aromatic heterocycles. The Balaban J connectivity index is 2.09. The first-order valence-corrected chi connectivity index (χ1v) is 8.51. The summed E-state index contributed by atoms with van der Waals surface area (Å²) in [6.45, 7) is 1.96. The molecule has 1 aliphatic rings. The van der Waals surface area contributed by atoms with Crippen molar-refractivity contribution in [2.75, 3.05) is 25.1 Å². The van der Waals surface area contributed by atoms with Crippen molar-refractivity contribution in [1.29, 1.82) is 0 Å². The molecule has 2 aromatic rings. The maximum absolute atomic E-state index is 12.1. The third kappa shape index (κ3) is 3.44. The number of carbonyl (C=O) groups is 1. The van der Waals surface area contributed by atoms with Crippen molar-refractivity contribution in [3.8, 4) is 17.0 Å². The van der Waals surface area contributed by atoms with Gasteiger partial charge in [-0.3, -0.25) is 0 Å². The van der Waals surface area contributed by atoms with Gasteiger partial charge >= 0.3 is 5.97 Å². The van der Waals surface area contributed by atoms with Gasteiger partial charge in [-0.15, -0.1) is 0 Å². The Kier molecular flexibility index (Phi) is 5.19. The summed E-state index contributed by atoms with van der Waals surface area (Å²) in [5.74, 6) is 0.342. The van der Waals surface area contributed by atoms with Gasteiger partial charge in [0, 0.05) is 30.8 Å². The van der Waals surface area contributed by atoms with E-state index in [4.69, 9.17) is 15.5 Å². The van der Waals surface area contributed by atoms with E-state index in [-0.39, 0.29) is 12.3 Å². The molecule has 1 aromatic carbocycles. The number of phenolic OH excluding ortho intramolecular Hbond substituents is 1. The van der Waals surface area contributed by atoms with Crippen LogP contribution in [0.15, 0.2) is 30.3 Å². The summed E-state index contributed by atoms with van der Waals surface area (Å²) >= 11 is 0. The second kappa shape index (κ2) is 7.53. The van der Waals surface area contributed by atoms with E-state index in [1.165, 1.54) is 13.5 Å². The van der Waals surface area contributed by atoms with Gasteiger partial charge in [0.05, 0.1) is 12.8 Å². The van der Waals surface area contributed by atoms with Gasteiger partial charge in [-0.2, -0.15) is 0 Å². The highest BCUT2D eigenvalue weighted by atomic mass is 16.5. The van der Waals surface area contributed by atoms with Crippen LogP contribution in [-0.4, -0.2) is 36.3 Å². The van der Waals surface area contributed by atoms with Crippen molar-refractivity contribution in [3.05, 3.63) is 41.5 Å². The molecule has 0 unspecified atom stereocenters. The average molecular weight is 341 g/mol. The molecule has 0 radical (unpaired) electrons. The summed E-state index contributed by atoms with van der Waals surface area (Å²) in [4.78, 5) is 18.9. The highest BCUT2D eigenvalue weighted by Crippen LogP contribution is 2.33. The van der Waals surface area contributed by atoms with Crippen LogP contribution >= 0.6 is 0 Å². The van der Waals surface area contributed by atoms with Gasteiger partial charge in [0.1, 0.15) is 17.1 Å². The van der Waals surface area contributed by atoms with Gasteiger partial charge in [-0.1, -0.05) is 12.1 Å². The maximum atomic E-state index is 12.1. The van der Waals surface area contributed by atoms with Crippen molar-refractivity contribution >= 4 is 11.8 Å². The number of nitrogens with two attached hydrogens (primary N) is 1. The standard InChI is InChI=1S/C19H23N3O3/c1-25-19(24)15-8-9-16(14-7-5-6-13(12-20)17(14)23)21-18(15)22-10-3-2-4-11-22/h5-9,23H,2-4,10-12,20H2,1H3. The van der Waals surface area contributed by atoms with E-state index in [0.29, 0.717) is 28.2 Å². The number of ether oxygens (including phenoxy) is 1. The predicted molar refractivity (Wildman–Crippen MR) is 96.6 cm³/mol. The van der Waals surface area contributed by atoms with E-state index >= 15 is 0 Å². The highest BCUT2D eigenvalue weighted by molar-refractivity contribution is 5.95. The van der Waals surface area contributed by atoms with E-state index < -0.39 is 5.97 Å². The van der Waals surface area contributed by atoms with E-state index in [0.717, 1.165) is 25.9 Å². The third-order valence-corrected chi connectivity index (χ3v) is 4.55. The van der Waals surface area contributed by atoms with E-state index in [1.54, 1.807) is 24.3 Å². The number of rotatable bonds is 4. The Bertz CT molecular complexity index is 771. The fraction of sp³-hybridized carbons (Fsp3) is 0.368. The zero-order valence-electron chi connectivity index (χ0n) is 14.4. The Morgan fingerprint density at radius 1 is 1.24 bits per heavy atom. The first kappa shape index (κ1) is 17.2. The SMILES string of the molecule is COC(=O)c1ccc(-c2cccc(CN)c2O)nc1N1CCCCC1. The number of piperidine rings is 1. The molecule has 0 spiro atoms. The van der Waals surface area contributed by atoms with E-state index in [1.807, 2.05) is 6.07 Å². The number of hydrogen-bond acceptors (Lipinski definition) is 6. The Hall–Kier alpha value is -2.60. The molecular formula is C19H23N3O3. The van der Waals surface area contributed by atoms with E-state index in [2.05, 4.69) is 4.90 Å². The number of para-hydroxylation sites is 1. The first-order chi connectivity index (χ1) is 12.2. The maximum Gasteiger partial charge on any atom is 0.341 e. The number of aromatic nitrogens is 1. The predicted octanol–water partition coefficient (Wildman–Crippen LogP) is 2.69. The number of aromatic hydroxyl groups is 1. The molecule has 0 bridgehead atoms. The Morgan fingerprint density at radius 3 is 2.68 bits per heavy atom. The number of anilines is 1. The fourth-order valence-corrected chi connectivity index (χ4v) is 3.18. The lowest BCUT2D eigenvalue weighted by Gasteiger charge is -2.29. The number of pyridine rings is 1. The molecule has 0 saturated carbocycles. The molecular weight excluding hydrogens is 318 g/mol. The molecule has 0 aliphatic carbocycles. The number of phenols is 1. The normalized spacial score (nSPS) is 14.4. The van der Waals surface area contributed by atoms with Crippen LogP contribution in [0.3, 0.4) is 0 Å². The number of hydrogen-bond donors (Lipinski definition) is 2. The quantitative estimate of drug-likeness (QED) is 0.831. The van der Waals surface area contributed by atoms with Crippen molar-refractivity contribution < 1.29 is 14.6 Å². The number of nitrogens with zero attached hydrogens (tertiary/aromatic N) is 2. The fourth-order valence-electron chi connectivity index (χ4n) is 3.18. The minimum atomic E-state index is -0.403. The number of benzene rings is 1. The zero-order chi connectivity index (χ0) is 17.8. The molecule has 132 valence electrons. The van der Waals surface area contributed by atoms with Crippen molar-refractivity contribution in [2.45, 2.75) is 25.8 Å². The second-order valence-electron chi connectivity index (χ2n) is 6.12. The molecule has 6 heteroatoms. The van der Waals surface area contributed by atoms with Gasteiger partial charge in [-0.25, -0.2) is 9.78 Å². The minimum Gasteiger partial charge on any atom is -0.507 e.